The highest BCUT2D eigenvalue weighted by molar-refractivity contribution is 5.87. The highest BCUT2D eigenvalue weighted by Crippen LogP contribution is 2.35. The molecule has 0 unspecified atom stereocenters. The van der Waals surface area contributed by atoms with Gasteiger partial charge >= 0.3 is 11.3 Å². The van der Waals surface area contributed by atoms with Gasteiger partial charge in [0.15, 0.2) is 0 Å². The van der Waals surface area contributed by atoms with E-state index in [2.05, 4.69) is 20.6 Å². The van der Waals surface area contributed by atoms with Crippen molar-refractivity contribution in [2.24, 2.45) is 0 Å². The number of hydrogen-bond acceptors (Lipinski definition) is 10. The number of rotatable bonds is 7. The molecule has 198 valence electrons. The molecule has 4 aromatic rings. The summed E-state index contributed by atoms with van der Waals surface area (Å²) < 4.78 is 13.7. The van der Waals surface area contributed by atoms with Crippen LogP contribution in [0.4, 0.5) is 0 Å². The number of aromatic hydroxyl groups is 1. The number of carbonyl (C=O) groups is 1. The number of aryl methyl sites for hydroxylation is 1. The number of hydrogen-bond donors (Lipinski definition) is 4. The van der Waals surface area contributed by atoms with E-state index in [1.54, 1.807) is 19.2 Å². The summed E-state index contributed by atoms with van der Waals surface area (Å²) in [6.45, 7) is 1.29. The Hall–Kier alpha value is -4.56. The van der Waals surface area contributed by atoms with Gasteiger partial charge in [0.05, 0.1) is 31.8 Å². The molecule has 1 saturated heterocycles. The summed E-state index contributed by atoms with van der Waals surface area (Å²) in [6.07, 6.45) is 1.79. The number of nitrogens with zero attached hydrogens (tertiary/aromatic N) is 4. The lowest BCUT2D eigenvalue weighted by Crippen LogP contribution is -2.33. The Bertz CT molecular complexity index is 1690. The van der Waals surface area contributed by atoms with E-state index in [4.69, 9.17) is 9.15 Å². The van der Waals surface area contributed by atoms with Gasteiger partial charge in [0.25, 0.3) is 5.56 Å². The minimum absolute atomic E-state index is 0.0539. The number of fused-ring (bicyclic) bond motifs is 1. The van der Waals surface area contributed by atoms with Crippen molar-refractivity contribution in [3.63, 3.8) is 0 Å². The smallest absolute Gasteiger partial charge is 0.336 e. The van der Waals surface area contributed by atoms with Crippen molar-refractivity contribution < 1.29 is 24.2 Å². The third-order valence-corrected chi connectivity index (χ3v) is 6.37. The molecule has 14 heteroatoms. The van der Waals surface area contributed by atoms with Crippen molar-refractivity contribution >= 4 is 16.9 Å². The number of phenols is 1. The molecule has 4 N–H and O–H groups in total. The second kappa shape index (κ2) is 10.1. The van der Waals surface area contributed by atoms with Gasteiger partial charge < -0.3 is 24.7 Å². The Morgan fingerprint density at radius 2 is 2.05 bits per heavy atom. The van der Waals surface area contributed by atoms with Gasteiger partial charge in [0.2, 0.25) is 5.91 Å². The van der Waals surface area contributed by atoms with Gasteiger partial charge in [-0.1, -0.05) is 5.21 Å². The lowest BCUT2D eigenvalue weighted by Gasteiger charge is -2.15. The van der Waals surface area contributed by atoms with Crippen molar-refractivity contribution in [1.29, 1.82) is 0 Å². The van der Waals surface area contributed by atoms with Gasteiger partial charge in [0, 0.05) is 35.7 Å². The molecule has 1 aromatic carbocycles. The molecule has 0 spiro atoms. The normalized spacial score (nSPS) is 19.2. The lowest BCUT2D eigenvalue weighted by molar-refractivity contribution is -0.120. The molecule has 3 aromatic heterocycles. The van der Waals surface area contributed by atoms with E-state index < -0.39 is 35.2 Å². The van der Waals surface area contributed by atoms with E-state index in [0.717, 1.165) is 0 Å². The Morgan fingerprint density at radius 1 is 1.24 bits per heavy atom. The minimum Gasteiger partial charge on any atom is -0.508 e. The molecule has 0 aliphatic carbocycles. The number of amides is 1. The fraction of sp³-hybridized carbons (Fsp3) is 0.333. The van der Waals surface area contributed by atoms with Crippen LogP contribution in [0.1, 0.15) is 35.5 Å². The highest BCUT2D eigenvalue weighted by Gasteiger charge is 2.38. The fourth-order valence-electron chi connectivity index (χ4n) is 4.47. The van der Waals surface area contributed by atoms with Gasteiger partial charge in [0.1, 0.15) is 29.4 Å². The Kier molecular flexibility index (Phi) is 6.65. The molecule has 0 saturated carbocycles. The number of benzene rings is 1. The first kappa shape index (κ1) is 25.1. The monoisotopic (exact) mass is 524 g/mol. The van der Waals surface area contributed by atoms with Crippen LogP contribution in [-0.2, 0) is 22.5 Å². The first-order chi connectivity index (χ1) is 18.2. The quantitative estimate of drug-likeness (QED) is 0.232. The zero-order chi connectivity index (χ0) is 27.0. The number of nitrogens with one attached hydrogen (secondary N) is 2. The molecule has 1 amide bonds. The Labute approximate surface area is 213 Å². The summed E-state index contributed by atoms with van der Waals surface area (Å²) in [6, 6.07) is 5.09. The van der Waals surface area contributed by atoms with Crippen LogP contribution in [0.3, 0.4) is 0 Å². The summed E-state index contributed by atoms with van der Waals surface area (Å²) >= 11 is 0. The number of phenolic OH excluding ortho intramolecular Hbond substituents is 1. The van der Waals surface area contributed by atoms with Gasteiger partial charge in [-0.2, -0.15) is 0 Å². The maximum absolute atomic E-state index is 12.6. The van der Waals surface area contributed by atoms with Crippen molar-refractivity contribution in [3.8, 4) is 5.75 Å². The maximum atomic E-state index is 12.6. The largest absolute Gasteiger partial charge is 0.508 e. The number of carbonyl (C=O) groups excluding carboxylic acids is 1. The number of H-pyrrole nitrogens is 1. The Balaban J connectivity index is 1.26. The molecular formula is C24H24N6O8. The molecule has 1 fully saturated rings. The number of aliphatic hydroxyl groups is 1. The van der Waals surface area contributed by atoms with Gasteiger partial charge in [-0.3, -0.25) is 19.1 Å². The average Bonchev–Trinajstić information content (AvgIpc) is 3.51. The number of aromatic amines is 1. The third-order valence-electron chi connectivity index (χ3n) is 6.37. The van der Waals surface area contributed by atoms with E-state index in [1.165, 1.54) is 33.6 Å². The summed E-state index contributed by atoms with van der Waals surface area (Å²) in [4.78, 5) is 50.6. The molecule has 3 atom stereocenters. The van der Waals surface area contributed by atoms with Crippen LogP contribution in [0.25, 0.3) is 11.0 Å². The van der Waals surface area contributed by atoms with Crippen molar-refractivity contribution in [3.05, 3.63) is 84.7 Å². The first-order valence-corrected chi connectivity index (χ1v) is 11.7. The molecular weight excluding hydrogens is 500 g/mol. The van der Waals surface area contributed by atoms with E-state index in [1.807, 2.05) is 0 Å². The van der Waals surface area contributed by atoms with Gasteiger partial charge in [-0.15, -0.1) is 5.10 Å². The van der Waals surface area contributed by atoms with E-state index in [0.29, 0.717) is 22.2 Å². The fourth-order valence-corrected chi connectivity index (χ4v) is 4.47. The standard InChI is InChI=1S/C24H24N6O8/c1-12-9-29(24(36)26-23(12)35)21-7-17(19(11-31)37-21)30-10-14(27-28-30)8-25-20(33)4-13-5-22(34)38-18-6-15(32)2-3-16(13)18/h2-3,5-6,9-10,17,19,21,31-32H,4,7-8,11H2,1H3,(H,25,33)(H,26,35,36)/t17-,19+,21+/m0/s1. The van der Waals surface area contributed by atoms with Crippen molar-refractivity contribution in [2.45, 2.75) is 44.7 Å². The summed E-state index contributed by atoms with van der Waals surface area (Å²) in [7, 11) is 0. The average molecular weight is 524 g/mol. The SMILES string of the molecule is Cc1cn([C@H]2C[C@H](n3cc(CNC(=O)Cc4cc(=O)oc5cc(O)ccc45)nn3)[C@@H](CO)O2)c(=O)[nH]c1=O. The van der Waals surface area contributed by atoms with Crippen molar-refractivity contribution in [1.82, 2.24) is 29.9 Å². The second-order valence-electron chi connectivity index (χ2n) is 9.01. The highest BCUT2D eigenvalue weighted by atomic mass is 16.5. The second-order valence-corrected chi connectivity index (χ2v) is 9.01. The summed E-state index contributed by atoms with van der Waals surface area (Å²) in [5.74, 6) is -0.432. The van der Waals surface area contributed by atoms with E-state index >= 15 is 0 Å². The summed E-state index contributed by atoms with van der Waals surface area (Å²) in [5, 5.41) is 30.9. The predicted octanol–water partition coefficient (Wildman–Crippen LogP) is -0.371. The zero-order valence-corrected chi connectivity index (χ0v) is 20.2. The molecule has 1 aliphatic rings. The number of aromatic nitrogens is 5. The third kappa shape index (κ3) is 4.99. The molecule has 1 aliphatic heterocycles. The van der Waals surface area contributed by atoms with E-state index in [-0.39, 0.29) is 43.2 Å². The van der Waals surface area contributed by atoms with E-state index in [9.17, 15) is 29.4 Å². The van der Waals surface area contributed by atoms with Gasteiger partial charge in [-0.05, 0) is 24.6 Å². The topological polar surface area (TPSA) is 195 Å². The van der Waals surface area contributed by atoms with Crippen LogP contribution in [0, 0.1) is 6.92 Å². The molecule has 14 nitrogen and oxygen atoms in total. The zero-order valence-electron chi connectivity index (χ0n) is 20.2. The maximum Gasteiger partial charge on any atom is 0.336 e. The predicted molar refractivity (Wildman–Crippen MR) is 130 cm³/mol. The first-order valence-electron chi connectivity index (χ1n) is 11.7. The van der Waals surface area contributed by atoms with Crippen LogP contribution in [0.2, 0.25) is 0 Å². The van der Waals surface area contributed by atoms with Crippen LogP contribution in [0.15, 0.2) is 55.5 Å². The minimum atomic E-state index is -0.729. The molecule has 0 bridgehead atoms. The number of ether oxygens (including phenoxy) is 1. The van der Waals surface area contributed by atoms with Crippen molar-refractivity contribution in [2.75, 3.05) is 6.61 Å². The molecule has 38 heavy (non-hydrogen) atoms. The van der Waals surface area contributed by atoms with Crippen LogP contribution < -0.4 is 22.2 Å². The Morgan fingerprint density at radius 3 is 2.84 bits per heavy atom. The molecule has 0 radical (unpaired) electrons. The molecule has 4 heterocycles. The van der Waals surface area contributed by atoms with Crippen LogP contribution in [0.5, 0.6) is 5.75 Å². The lowest BCUT2D eigenvalue weighted by atomic mass is 10.1. The number of aliphatic hydroxyl groups excluding tert-OH is 1. The van der Waals surface area contributed by atoms with Gasteiger partial charge in [-0.25, -0.2) is 14.3 Å². The van der Waals surface area contributed by atoms with Crippen LogP contribution >= 0.6 is 0 Å². The molecule has 5 rings (SSSR count). The summed E-state index contributed by atoms with van der Waals surface area (Å²) in [5.41, 5.74) is -0.320. The van der Waals surface area contributed by atoms with Crippen LogP contribution in [-0.4, -0.2) is 53.4 Å².